The summed E-state index contributed by atoms with van der Waals surface area (Å²) in [5.41, 5.74) is 1.54. The molecule has 3 N–H and O–H groups in total. The highest BCUT2D eigenvalue weighted by molar-refractivity contribution is 5.89. The van der Waals surface area contributed by atoms with Gasteiger partial charge in [0.25, 0.3) is 0 Å². The van der Waals surface area contributed by atoms with E-state index in [1.165, 1.54) is 0 Å². The maximum Gasteiger partial charge on any atom is 0.319 e. The van der Waals surface area contributed by atoms with E-state index in [9.17, 15) is 4.79 Å². The summed E-state index contributed by atoms with van der Waals surface area (Å²) in [4.78, 5) is 11.9. The Bertz CT molecular complexity index is 461. The topological polar surface area (TPSA) is 62.4 Å². The highest BCUT2D eigenvalue weighted by Crippen LogP contribution is 2.17. The highest BCUT2D eigenvalue weighted by Gasteiger charge is 2.18. The Morgan fingerprint density at radius 3 is 2.71 bits per heavy atom. The molecular formula is C16H27N3O2. The molecule has 1 atom stereocenters. The number of urea groups is 1. The molecule has 0 radical (unpaired) electrons. The SMILES string of the molecule is CCOC(C)(C)CNC(=O)Nc1cccc(C(C)NC)c1. The van der Waals surface area contributed by atoms with Crippen molar-refractivity contribution in [1.29, 1.82) is 0 Å². The van der Waals surface area contributed by atoms with E-state index in [0.717, 1.165) is 11.3 Å². The van der Waals surface area contributed by atoms with Gasteiger partial charge < -0.3 is 20.7 Å². The van der Waals surface area contributed by atoms with Crippen LogP contribution in [-0.4, -0.2) is 31.8 Å². The summed E-state index contributed by atoms with van der Waals surface area (Å²) >= 11 is 0. The number of carbonyl (C=O) groups excluding carboxylic acids is 1. The molecule has 0 bridgehead atoms. The van der Waals surface area contributed by atoms with Crippen molar-refractivity contribution in [2.75, 3.05) is 25.5 Å². The summed E-state index contributed by atoms with van der Waals surface area (Å²) in [7, 11) is 1.91. The monoisotopic (exact) mass is 293 g/mol. The molecular weight excluding hydrogens is 266 g/mol. The van der Waals surface area contributed by atoms with Crippen LogP contribution in [0.15, 0.2) is 24.3 Å². The zero-order valence-corrected chi connectivity index (χ0v) is 13.6. The number of rotatable bonds is 7. The Labute approximate surface area is 127 Å². The number of benzene rings is 1. The second-order valence-corrected chi connectivity index (χ2v) is 5.64. The minimum absolute atomic E-state index is 0.225. The third-order valence-corrected chi connectivity index (χ3v) is 3.29. The maximum atomic E-state index is 11.9. The fourth-order valence-electron chi connectivity index (χ4n) is 1.96. The highest BCUT2D eigenvalue weighted by atomic mass is 16.5. The Morgan fingerprint density at radius 2 is 2.10 bits per heavy atom. The van der Waals surface area contributed by atoms with Crippen molar-refractivity contribution in [1.82, 2.24) is 10.6 Å². The summed E-state index contributed by atoms with van der Waals surface area (Å²) in [6.07, 6.45) is 0. The van der Waals surface area contributed by atoms with Gasteiger partial charge in [0, 0.05) is 24.9 Å². The largest absolute Gasteiger partial charge is 0.374 e. The summed E-state index contributed by atoms with van der Waals surface area (Å²) in [6, 6.07) is 7.82. The molecule has 1 aromatic carbocycles. The minimum Gasteiger partial charge on any atom is -0.374 e. The Hall–Kier alpha value is -1.59. The predicted molar refractivity (Wildman–Crippen MR) is 86.6 cm³/mol. The minimum atomic E-state index is -0.366. The van der Waals surface area contributed by atoms with Gasteiger partial charge >= 0.3 is 6.03 Å². The summed E-state index contributed by atoms with van der Waals surface area (Å²) < 4.78 is 5.54. The molecule has 5 nitrogen and oxygen atoms in total. The van der Waals surface area contributed by atoms with Crippen molar-refractivity contribution in [2.45, 2.75) is 39.3 Å². The first kappa shape index (κ1) is 17.5. The molecule has 0 saturated carbocycles. The average molecular weight is 293 g/mol. The second kappa shape index (κ2) is 8.00. The molecule has 1 aromatic rings. The van der Waals surface area contributed by atoms with Gasteiger partial charge in [0.15, 0.2) is 0 Å². The molecule has 0 fully saturated rings. The molecule has 0 spiro atoms. The number of amides is 2. The summed E-state index contributed by atoms with van der Waals surface area (Å²) in [5.74, 6) is 0. The number of carbonyl (C=O) groups is 1. The Balaban J connectivity index is 2.55. The number of hydrogen-bond acceptors (Lipinski definition) is 3. The lowest BCUT2D eigenvalue weighted by Gasteiger charge is -2.25. The first-order chi connectivity index (χ1) is 9.88. The molecule has 118 valence electrons. The van der Waals surface area contributed by atoms with Crippen LogP contribution in [0.5, 0.6) is 0 Å². The van der Waals surface area contributed by atoms with Crippen LogP contribution in [0.3, 0.4) is 0 Å². The van der Waals surface area contributed by atoms with Gasteiger partial charge in [0.2, 0.25) is 0 Å². The first-order valence-electron chi connectivity index (χ1n) is 7.34. The number of anilines is 1. The molecule has 21 heavy (non-hydrogen) atoms. The molecule has 0 aromatic heterocycles. The van der Waals surface area contributed by atoms with E-state index in [2.05, 4.69) is 22.9 Å². The zero-order chi connectivity index (χ0) is 15.9. The molecule has 0 saturated heterocycles. The van der Waals surface area contributed by atoms with Crippen molar-refractivity contribution in [3.63, 3.8) is 0 Å². The quantitative estimate of drug-likeness (QED) is 0.724. The third kappa shape index (κ3) is 6.14. The van der Waals surface area contributed by atoms with E-state index in [-0.39, 0.29) is 17.7 Å². The normalized spacial score (nSPS) is 12.8. The lowest BCUT2D eigenvalue weighted by molar-refractivity contribution is -0.00662. The standard InChI is InChI=1S/C16H27N3O2/c1-6-21-16(3,4)11-18-15(20)19-14-9-7-8-13(10-14)12(2)17-5/h7-10,12,17H,6,11H2,1-5H3,(H2,18,19,20). The van der Waals surface area contributed by atoms with E-state index < -0.39 is 0 Å². The van der Waals surface area contributed by atoms with Crippen LogP contribution >= 0.6 is 0 Å². The van der Waals surface area contributed by atoms with Gasteiger partial charge in [0.05, 0.1) is 5.60 Å². The van der Waals surface area contributed by atoms with Crippen LogP contribution in [0, 0.1) is 0 Å². The molecule has 0 heterocycles. The van der Waals surface area contributed by atoms with Crippen LogP contribution < -0.4 is 16.0 Å². The van der Waals surface area contributed by atoms with Gasteiger partial charge in [-0.15, -0.1) is 0 Å². The zero-order valence-electron chi connectivity index (χ0n) is 13.6. The molecule has 0 aliphatic rings. The Morgan fingerprint density at radius 1 is 1.38 bits per heavy atom. The second-order valence-electron chi connectivity index (χ2n) is 5.64. The van der Waals surface area contributed by atoms with Crippen molar-refractivity contribution in [3.8, 4) is 0 Å². The van der Waals surface area contributed by atoms with Crippen LogP contribution in [-0.2, 0) is 4.74 Å². The van der Waals surface area contributed by atoms with Crippen molar-refractivity contribution in [2.24, 2.45) is 0 Å². The van der Waals surface area contributed by atoms with Crippen molar-refractivity contribution < 1.29 is 9.53 Å². The van der Waals surface area contributed by atoms with E-state index in [4.69, 9.17) is 4.74 Å². The van der Waals surface area contributed by atoms with E-state index in [0.29, 0.717) is 13.2 Å². The fourth-order valence-corrected chi connectivity index (χ4v) is 1.96. The van der Waals surface area contributed by atoms with Crippen LogP contribution in [0.2, 0.25) is 0 Å². The van der Waals surface area contributed by atoms with Crippen LogP contribution in [0.4, 0.5) is 10.5 Å². The fraction of sp³-hybridized carbons (Fsp3) is 0.562. The third-order valence-electron chi connectivity index (χ3n) is 3.29. The van der Waals surface area contributed by atoms with Gasteiger partial charge in [-0.25, -0.2) is 4.79 Å². The van der Waals surface area contributed by atoms with Gasteiger partial charge in [-0.3, -0.25) is 0 Å². The van der Waals surface area contributed by atoms with Gasteiger partial charge in [0.1, 0.15) is 0 Å². The predicted octanol–water partition coefficient (Wildman–Crippen LogP) is 2.90. The molecule has 5 heteroatoms. The van der Waals surface area contributed by atoms with Crippen LogP contribution in [0.1, 0.15) is 39.3 Å². The lowest BCUT2D eigenvalue weighted by Crippen LogP contribution is -2.42. The Kier molecular flexibility index (Phi) is 6.65. The summed E-state index contributed by atoms with van der Waals surface area (Å²) in [5, 5.41) is 8.85. The van der Waals surface area contributed by atoms with Gasteiger partial charge in [-0.1, -0.05) is 12.1 Å². The number of hydrogen-bond donors (Lipinski definition) is 3. The smallest absolute Gasteiger partial charge is 0.319 e. The van der Waals surface area contributed by atoms with Gasteiger partial charge in [-0.2, -0.15) is 0 Å². The van der Waals surface area contributed by atoms with E-state index >= 15 is 0 Å². The summed E-state index contributed by atoms with van der Waals surface area (Å²) in [6.45, 7) is 9.00. The average Bonchev–Trinajstić information content (AvgIpc) is 2.45. The molecule has 0 aliphatic carbocycles. The lowest BCUT2D eigenvalue weighted by atomic mass is 10.1. The van der Waals surface area contributed by atoms with E-state index in [1.54, 1.807) is 0 Å². The maximum absolute atomic E-state index is 11.9. The van der Waals surface area contributed by atoms with Crippen LogP contribution in [0.25, 0.3) is 0 Å². The van der Waals surface area contributed by atoms with Crippen molar-refractivity contribution >= 4 is 11.7 Å². The molecule has 1 unspecified atom stereocenters. The van der Waals surface area contributed by atoms with Crippen molar-refractivity contribution in [3.05, 3.63) is 29.8 Å². The number of ether oxygens (including phenoxy) is 1. The molecule has 0 aliphatic heterocycles. The first-order valence-corrected chi connectivity index (χ1v) is 7.34. The number of nitrogens with one attached hydrogen (secondary N) is 3. The van der Waals surface area contributed by atoms with E-state index in [1.807, 2.05) is 52.1 Å². The molecule has 1 rings (SSSR count). The van der Waals surface area contributed by atoms with Gasteiger partial charge in [-0.05, 0) is 52.4 Å². The molecule has 2 amide bonds.